The second kappa shape index (κ2) is 10.7. The maximum atomic E-state index is 12.9. The number of nitrogens with one attached hydrogen (secondary N) is 3. The monoisotopic (exact) mass is 437 g/mol. The molecule has 170 valence electrons. The number of rotatable bonds is 8. The van der Waals surface area contributed by atoms with Crippen LogP contribution in [0.3, 0.4) is 0 Å². The fourth-order valence-corrected chi connectivity index (χ4v) is 3.81. The Morgan fingerprint density at radius 3 is 2.59 bits per heavy atom. The highest BCUT2D eigenvalue weighted by Crippen LogP contribution is 2.33. The fourth-order valence-electron chi connectivity index (χ4n) is 3.81. The Morgan fingerprint density at radius 2 is 1.91 bits per heavy atom. The van der Waals surface area contributed by atoms with Crippen LogP contribution < -0.4 is 20.7 Å². The largest absolute Gasteiger partial charge is 0.497 e. The van der Waals surface area contributed by atoms with Gasteiger partial charge in [-0.3, -0.25) is 4.79 Å². The molecule has 0 aromatic heterocycles. The SMILES string of the molecule is CCOC(=O)[C@@H]1/C(=C\NCCc2ccc(OC)cc2)NC(=O)N[C@H]1c1cc(C)ccc1C. The number of methoxy groups -OCH3 is 1. The van der Waals surface area contributed by atoms with Crippen LogP contribution in [0.25, 0.3) is 0 Å². The summed E-state index contributed by atoms with van der Waals surface area (Å²) in [5, 5.41) is 8.93. The Kier molecular flexibility index (Phi) is 7.76. The standard InChI is InChI=1S/C25H31N3O4/c1-5-32-24(29)22-21(15-26-13-12-18-8-10-19(31-4)11-9-18)27-25(30)28-23(22)20-14-16(2)6-7-17(20)3/h6-11,14-15,22-23,26H,5,12-13H2,1-4H3,(H2,27,28,30)/b21-15+/t22-,23+/m1/s1. The van der Waals surface area contributed by atoms with Gasteiger partial charge in [-0.05, 0) is 56.0 Å². The quantitative estimate of drug-likeness (QED) is 0.434. The lowest BCUT2D eigenvalue weighted by molar-refractivity contribution is -0.147. The number of carbonyl (C=O) groups excluding carboxylic acids is 2. The average Bonchev–Trinajstić information content (AvgIpc) is 2.78. The predicted molar refractivity (Wildman–Crippen MR) is 123 cm³/mol. The molecule has 2 aromatic carbocycles. The summed E-state index contributed by atoms with van der Waals surface area (Å²) in [5.41, 5.74) is 4.61. The molecule has 32 heavy (non-hydrogen) atoms. The van der Waals surface area contributed by atoms with E-state index in [1.165, 1.54) is 0 Å². The van der Waals surface area contributed by atoms with E-state index in [0.717, 1.165) is 34.4 Å². The molecule has 0 aliphatic carbocycles. The molecule has 3 rings (SSSR count). The van der Waals surface area contributed by atoms with Crippen molar-refractivity contribution in [2.75, 3.05) is 20.3 Å². The van der Waals surface area contributed by atoms with E-state index in [1.807, 2.05) is 56.3 Å². The fraction of sp³-hybridized carbons (Fsp3) is 0.360. The first-order valence-electron chi connectivity index (χ1n) is 10.8. The number of benzene rings is 2. The van der Waals surface area contributed by atoms with Crippen LogP contribution in [0.2, 0.25) is 0 Å². The molecule has 1 saturated heterocycles. The first-order chi connectivity index (χ1) is 15.4. The third-order valence-corrected chi connectivity index (χ3v) is 5.50. The summed E-state index contributed by atoms with van der Waals surface area (Å²) >= 11 is 0. The maximum Gasteiger partial charge on any atom is 0.319 e. The molecule has 7 heteroatoms. The van der Waals surface area contributed by atoms with Gasteiger partial charge in [0.15, 0.2) is 0 Å². The molecule has 0 radical (unpaired) electrons. The van der Waals surface area contributed by atoms with Gasteiger partial charge in [0.2, 0.25) is 0 Å². The Bertz CT molecular complexity index is 985. The van der Waals surface area contributed by atoms with E-state index in [2.05, 4.69) is 16.0 Å². The highest BCUT2D eigenvalue weighted by atomic mass is 16.5. The van der Waals surface area contributed by atoms with Crippen LogP contribution in [-0.4, -0.2) is 32.3 Å². The molecule has 7 nitrogen and oxygen atoms in total. The van der Waals surface area contributed by atoms with Crippen molar-refractivity contribution in [3.63, 3.8) is 0 Å². The summed E-state index contributed by atoms with van der Waals surface area (Å²) in [4.78, 5) is 25.4. The Morgan fingerprint density at radius 1 is 1.16 bits per heavy atom. The minimum atomic E-state index is -0.679. The van der Waals surface area contributed by atoms with E-state index in [4.69, 9.17) is 9.47 Å². The molecule has 1 heterocycles. The van der Waals surface area contributed by atoms with Gasteiger partial charge in [-0.1, -0.05) is 35.9 Å². The lowest BCUT2D eigenvalue weighted by Gasteiger charge is -2.34. The summed E-state index contributed by atoms with van der Waals surface area (Å²) in [6.07, 6.45) is 2.49. The third kappa shape index (κ3) is 5.60. The van der Waals surface area contributed by atoms with Gasteiger partial charge in [-0.25, -0.2) is 4.79 Å². The lowest BCUT2D eigenvalue weighted by Crippen LogP contribution is -2.52. The van der Waals surface area contributed by atoms with Crippen LogP contribution in [0.5, 0.6) is 5.75 Å². The van der Waals surface area contributed by atoms with E-state index in [9.17, 15) is 9.59 Å². The molecule has 0 bridgehead atoms. The van der Waals surface area contributed by atoms with Gasteiger partial charge in [-0.2, -0.15) is 0 Å². The Balaban J connectivity index is 1.80. The smallest absolute Gasteiger partial charge is 0.319 e. The number of aryl methyl sites for hydroxylation is 2. The van der Waals surface area contributed by atoms with Crippen LogP contribution in [0.4, 0.5) is 4.79 Å². The summed E-state index contributed by atoms with van der Waals surface area (Å²) in [6.45, 7) is 6.64. The van der Waals surface area contributed by atoms with Crippen molar-refractivity contribution >= 4 is 12.0 Å². The number of amides is 2. The molecule has 3 N–H and O–H groups in total. The maximum absolute atomic E-state index is 12.9. The molecule has 2 aromatic rings. The van der Waals surface area contributed by atoms with Crippen molar-refractivity contribution in [2.24, 2.45) is 5.92 Å². The summed E-state index contributed by atoms with van der Waals surface area (Å²) in [6, 6.07) is 13.0. The molecular formula is C25H31N3O4. The van der Waals surface area contributed by atoms with Gasteiger partial charge >= 0.3 is 12.0 Å². The highest BCUT2D eigenvalue weighted by molar-refractivity contribution is 5.85. The van der Waals surface area contributed by atoms with Crippen LogP contribution in [0.15, 0.2) is 54.4 Å². The second-order valence-corrected chi connectivity index (χ2v) is 7.82. The third-order valence-electron chi connectivity index (χ3n) is 5.50. The first-order valence-corrected chi connectivity index (χ1v) is 10.8. The topological polar surface area (TPSA) is 88.7 Å². The molecule has 0 unspecified atom stereocenters. The molecule has 1 fully saturated rings. The zero-order valence-electron chi connectivity index (χ0n) is 19.0. The van der Waals surface area contributed by atoms with Crippen molar-refractivity contribution in [1.29, 1.82) is 0 Å². The number of hydrogen-bond donors (Lipinski definition) is 3. The zero-order chi connectivity index (χ0) is 23.1. The van der Waals surface area contributed by atoms with Gasteiger partial charge < -0.3 is 25.4 Å². The normalized spacial score (nSPS) is 19.1. The van der Waals surface area contributed by atoms with Crippen LogP contribution >= 0.6 is 0 Å². The number of carbonyl (C=O) groups is 2. The molecule has 2 atom stereocenters. The predicted octanol–water partition coefficient (Wildman–Crippen LogP) is 3.52. The Hall–Kier alpha value is -3.48. The van der Waals surface area contributed by atoms with Crippen LogP contribution in [0, 0.1) is 19.8 Å². The van der Waals surface area contributed by atoms with E-state index < -0.39 is 12.0 Å². The van der Waals surface area contributed by atoms with E-state index >= 15 is 0 Å². The number of hydrogen-bond acceptors (Lipinski definition) is 5. The zero-order valence-corrected chi connectivity index (χ0v) is 19.0. The molecule has 1 aliphatic rings. The van der Waals surface area contributed by atoms with Crippen LogP contribution in [-0.2, 0) is 16.0 Å². The molecule has 0 spiro atoms. The number of urea groups is 1. The lowest BCUT2D eigenvalue weighted by atomic mass is 9.86. The van der Waals surface area contributed by atoms with E-state index in [1.54, 1.807) is 20.2 Å². The van der Waals surface area contributed by atoms with Gasteiger partial charge in [0.25, 0.3) is 0 Å². The van der Waals surface area contributed by atoms with Crippen LogP contribution in [0.1, 0.15) is 35.2 Å². The van der Waals surface area contributed by atoms with Gasteiger partial charge in [0, 0.05) is 12.7 Å². The van der Waals surface area contributed by atoms with Gasteiger partial charge in [0.1, 0.15) is 11.7 Å². The van der Waals surface area contributed by atoms with Crippen molar-refractivity contribution < 1.29 is 19.1 Å². The summed E-state index contributed by atoms with van der Waals surface area (Å²) < 4.78 is 10.5. The minimum absolute atomic E-state index is 0.265. The van der Waals surface area contributed by atoms with Crippen molar-refractivity contribution in [2.45, 2.75) is 33.2 Å². The highest BCUT2D eigenvalue weighted by Gasteiger charge is 2.40. The van der Waals surface area contributed by atoms with E-state index in [0.29, 0.717) is 12.2 Å². The average molecular weight is 438 g/mol. The van der Waals surface area contributed by atoms with Crippen molar-refractivity contribution in [3.8, 4) is 5.75 Å². The number of ether oxygens (including phenoxy) is 2. The summed E-state index contributed by atoms with van der Waals surface area (Å²) in [7, 11) is 1.64. The molecular weight excluding hydrogens is 406 g/mol. The van der Waals surface area contributed by atoms with E-state index in [-0.39, 0.29) is 18.6 Å². The first kappa shape index (κ1) is 23.2. The van der Waals surface area contributed by atoms with Gasteiger partial charge in [-0.15, -0.1) is 0 Å². The molecule has 0 saturated carbocycles. The summed E-state index contributed by atoms with van der Waals surface area (Å²) in [5.74, 6) is -0.244. The van der Waals surface area contributed by atoms with Crippen molar-refractivity contribution in [3.05, 3.63) is 76.6 Å². The number of esters is 1. The second-order valence-electron chi connectivity index (χ2n) is 7.82. The molecule has 1 aliphatic heterocycles. The Labute approximate surface area is 189 Å². The van der Waals surface area contributed by atoms with Gasteiger partial charge in [0.05, 0.1) is 25.5 Å². The molecule has 2 amide bonds. The minimum Gasteiger partial charge on any atom is -0.497 e. The van der Waals surface area contributed by atoms with Crippen molar-refractivity contribution in [1.82, 2.24) is 16.0 Å².